The van der Waals surface area contributed by atoms with E-state index in [9.17, 15) is 14.7 Å². The van der Waals surface area contributed by atoms with Gasteiger partial charge < -0.3 is 15.2 Å². The average molecular weight is 516 g/mol. The highest BCUT2D eigenvalue weighted by Crippen LogP contribution is 2.32. The zero-order chi connectivity index (χ0) is 20.5. The number of halogens is 2. The number of amides is 2. The van der Waals surface area contributed by atoms with Gasteiger partial charge in [0.25, 0.3) is 0 Å². The fourth-order valence-corrected chi connectivity index (χ4v) is 2.98. The number of phenolic OH excluding ortho intramolecular Hbond substituents is 1. The van der Waals surface area contributed by atoms with E-state index in [-0.39, 0.29) is 24.5 Å². The van der Waals surface area contributed by atoms with Gasteiger partial charge in [-0.3, -0.25) is 9.59 Å². The molecule has 2 amide bonds. The van der Waals surface area contributed by atoms with Gasteiger partial charge in [-0.05, 0) is 59.3 Å². The van der Waals surface area contributed by atoms with Crippen LogP contribution >= 0.6 is 34.2 Å². The number of hydrogen-bond donors (Lipinski definition) is 3. The zero-order valence-electron chi connectivity index (χ0n) is 15.0. The summed E-state index contributed by atoms with van der Waals surface area (Å²) in [6.07, 6.45) is 1.41. The van der Waals surface area contributed by atoms with Crippen LogP contribution in [0, 0.1) is 3.57 Å². The van der Waals surface area contributed by atoms with Gasteiger partial charge in [0.1, 0.15) is 0 Å². The summed E-state index contributed by atoms with van der Waals surface area (Å²) in [6.45, 7) is 2.23. The van der Waals surface area contributed by atoms with Gasteiger partial charge in [-0.2, -0.15) is 5.10 Å². The number of nitrogens with one attached hydrogen (secondary N) is 2. The number of aromatic hydroxyl groups is 1. The molecule has 28 heavy (non-hydrogen) atoms. The third-order valence-electron chi connectivity index (χ3n) is 3.48. The molecule has 7 nitrogen and oxygen atoms in total. The summed E-state index contributed by atoms with van der Waals surface area (Å²) in [6, 6.07) is 10.2. The quantitative estimate of drug-likeness (QED) is 0.282. The van der Waals surface area contributed by atoms with Crippen LogP contribution in [0.4, 0.5) is 5.69 Å². The van der Waals surface area contributed by atoms with Gasteiger partial charge in [0.2, 0.25) is 11.8 Å². The lowest BCUT2D eigenvalue weighted by Gasteiger charge is -2.08. The molecular weight excluding hydrogens is 497 g/mol. The number of phenols is 1. The second-order valence-corrected chi connectivity index (χ2v) is 7.17. The molecular formula is C19H19ClIN3O4. The summed E-state index contributed by atoms with van der Waals surface area (Å²) >= 11 is 7.95. The molecule has 0 aromatic heterocycles. The number of carbonyl (C=O) groups excluding carboxylic acids is 2. The van der Waals surface area contributed by atoms with Gasteiger partial charge in [0, 0.05) is 12.8 Å². The first-order valence-corrected chi connectivity index (χ1v) is 9.88. The highest BCUT2D eigenvalue weighted by atomic mass is 127. The molecule has 0 aliphatic carbocycles. The Morgan fingerprint density at radius 2 is 1.96 bits per heavy atom. The minimum Gasteiger partial charge on any atom is -0.504 e. The summed E-state index contributed by atoms with van der Waals surface area (Å²) in [5, 5.41) is 16.9. The Labute approximate surface area is 181 Å². The van der Waals surface area contributed by atoms with E-state index in [4.69, 9.17) is 16.3 Å². The van der Waals surface area contributed by atoms with Crippen LogP contribution < -0.4 is 15.5 Å². The minimum absolute atomic E-state index is 0.00181. The van der Waals surface area contributed by atoms with E-state index in [1.807, 2.05) is 29.5 Å². The zero-order valence-corrected chi connectivity index (χ0v) is 18.0. The van der Waals surface area contributed by atoms with Crippen LogP contribution in [0.2, 0.25) is 5.02 Å². The fourth-order valence-electron chi connectivity index (χ4n) is 2.17. The number of hydrogen-bond acceptors (Lipinski definition) is 5. The summed E-state index contributed by atoms with van der Waals surface area (Å²) in [7, 11) is 0. The van der Waals surface area contributed by atoms with Crippen molar-refractivity contribution in [3.05, 3.63) is 50.6 Å². The molecule has 2 aromatic carbocycles. The van der Waals surface area contributed by atoms with Gasteiger partial charge in [-0.15, -0.1) is 0 Å². The monoisotopic (exact) mass is 515 g/mol. The average Bonchev–Trinajstić information content (AvgIpc) is 2.66. The SMILES string of the molecule is CCOc1cc(/C=N/NC(=O)CCC(=O)Nc2ccccc2Cl)cc(I)c1O. The van der Waals surface area contributed by atoms with Crippen molar-refractivity contribution in [3.63, 3.8) is 0 Å². The lowest BCUT2D eigenvalue weighted by molar-refractivity contribution is -0.124. The molecule has 0 saturated heterocycles. The van der Waals surface area contributed by atoms with E-state index < -0.39 is 5.91 Å². The molecule has 0 saturated carbocycles. The molecule has 0 atom stereocenters. The number of nitrogens with zero attached hydrogens (tertiary/aromatic N) is 1. The summed E-state index contributed by atoms with van der Waals surface area (Å²) in [5.41, 5.74) is 3.52. The Balaban J connectivity index is 1.83. The van der Waals surface area contributed by atoms with E-state index in [1.165, 1.54) is 6.21 Å². The van der Waals surface area contributed by atoms with Gasteiger partial charge in [-0.1, -0.05) is 23.7 Å². The van der Waals surface area contributed by atoms with Crippen molar-refractivity contribution in [2.24, 2.45) is 5.10 Å². The molecule has 2 rings (SSSR count). The smallest absolute Gasteiger partial charge is 0.240 e. The summed E-state index contributed by atoms with van der Waals surface area (Å²) < 4.78 is 5.95. The third kappa shape index (κ3) is 6.68. The van der Waals surface area contributed by atoms with Crippen molar-refractivity contribution in [3.8, 4) is 11.5 Å². The number of anilines is 1. The highest BCUT2D eigenvalue weighted by Gasteiger charge is 2.10. The van der Waals surface area contributed by atoms with Crippen molar-refractivity contribution >= 4 is 57.9 Å². The molecule has 0 unspecified atom stereocenters. The fraction of sp³-hybridized carbons (Fsp3) is 0.211. The van der Waals surface area contributed by atoms with Gasteiger partial charge in [0.15, 0.2) is 11.5 Å². The van der Waals surface area contributed by atoms with E-state index >= 15 is 0 Å². The topological polar surface area (TPSA) is 100 Å². The molecule has 148 valence electrons. The van der Waals surface area contributed by atoms with E-state index in [2.05, 4.69) is 15.8 Å². The molecule has 2 aromatic rings. The molecule has 0 aliphatic rings. The first-order chi connectivity index (χ1) is 13.4. The maximum atomic E-state index is 11.9. The second kappa shape index (κ2) is 10.9. The first kappa shape index (κ1) is 22.0. The van der Waals surface area contributed by atoms with Crippen LogP contribution in [0.15, 0.2) is 41.5 Å². The highest BCUT2D eigenvalue weighted by molar-refractivity contribution is 14.1. The van der Waals surface area contributed by atoms with Crippen molar-refractivity contribution in [1.29, 1.82) is 0 Å². The van der Waals surface area contributed by atoms with Crippen molar-refractivity contribution < 1.29 is 19.4 Å². The maximum Gasteiger partial charge on any atom is 0.240 e. The molecule has 9 heteroatoms. The number of ether oxygens (including phenoxy) is 1. The van der Waals surface area contributed by atoms with Crippen LogP contribution in [0.3, 0.4) is 0 Å². The van der Waals surface area contributed by atoms with Crippen LogP contribution in [-0.4, -0.2) is 29.7 Å². The summed E-state index contributed by atoms with van der Waals surface area (Å²) in [5.74, 6) is -0.308. The lowest BCUT2D eigenvalue weighted by Crippen LogP contribution is -2.20. The van der Waals surface area contributed by atoms with Gasteiger partial charge in [-0.25, -0.2) is 5.43 Å². The Morgan fingerprint density at radius 3 is 2.68 bits per heavy atom. The van der Waals surface area contributed by atoms with Crippen molar-refractivity contribution in [1.82, 2.24) is 5.43 Å². The molecule has 0 heterocycles. The van der Waals surface area contributed by atoms with E-state index in [1.54, 1.807) is 36.4 Å². The van der Waals surface area contributed by atoms with Crippen LogP contribution in [0.1, 0.15) is 25.3 Å². The minimum atomic E-state index is -0.399. The van der Waals surface area contributed by atoms with Crippen molar-refractivity contribution in [2.45, 2.75) is 19.8 Å². The van der Waals surface area contributed by atoms with Crippen LogP contribution in [-0.2, 0) is 9.59 Å². The number of benzene rings is 2. The molecule has 0 aliphatic heterocycles. The Kier molecular flexibility index (Phi) is 8.52. The molecule has 0 radical (unpaired) electrons. The molecule has 3 N–H and O–H groups in total. The standard InChI is InChI=1S/C19H19ClIN3O4/c1-2-28-16-10-12(9-14(21)19(16)27)11-22-24-18(26)8-7-17(25)23-15-6-4-3-5-13(15)20/h3-6,9-11,27H,2,7-8H2,1H3,(H,23,25)(H,24,26)/b22-11+. The Bertz CT molecular complexity index is 889. The summed E-state index contributed by atoms with van der Waals surface area (Å²) in [4.78, 5) is 23.8. The molecule has 0 bridgehead atoms. The van der Waals surface area contributed by atoms with Crippen molar-refractivity contribution in [2.75, 3.05) is 11.9 Å². The first-order valence-electron chi connectivity index (χ1n) is 8.42. The van der Waals surface area contributed by atoms with Gasteiger partial charge >= 0.3 is 0 Å². The van der Waals surface area contributed by atoms with E-state index in [0.29, 0.717) is 32.2 Å². The second-order valence-electron chi connectivity index (χ2n) is 5.60. The van der Waals surface area contributed by atoms with Crippen LogP contribution in [0.5, 0.6) is 11.5 Å². The van der Waals surface area contributed by atoms with E-state index in [0.717, 1.165) is 0 Å². The Morgan fingerprint density at radius 1 is 1.25 bits per heavy atom. The molecule has 0 spiro atoms. The normalized spacial score (nSPS) is 10.7. The number of hydrazone groups is 1. The largest absolute Gasteiger partial charge is 0.504 e. The maximum absolute atomic E-state index is 11.9. The predicted octanol–water partition coefficient (Wildman–Crippen LogP) is 3.92. The number of para-hydroxylation sites is 1. The Hall–Kier alpha value is -2.33. The number of carbonyl (C=O) groups is 2. The third-order valence-corrected chi connectivity index (χ3v) is 4.63. The number of rotatable bonds is 8. The predicted molar refractivity (Wildman–Crippen MR) is 117 cm³/mol. The lowest BCUT2D eigenvalue weighted by atomic mass is 10.2. The van der Waals surface area contributed by atoms with Crippen LogP contribution in [0.25, 0.3) is 0 Å². The molecule has 0 fully saturated rings. The van der Waals surface area contributed by atoms with Gasteiger partial charge in [0.05, 0.1) is 27.1 Å².